The molecule has 0 bridgehead atoms. The highest BCUT2D eigenvalue weighted by atomic mass is 16.2. The Morgan fingerprint density at radius 2 is 2.12 bits per heavy atom. The molecule has 1 saturated heterocycles. The molecule has 4 N–H and O–H groups in total. The SMILES string of the molecule is NC(=O)CCN1C[C@@H](NC(=O)c2cccc3c2NCCC3)[C@H](C2CC2)C1. The van der Waals surface area contributed by atoms with E-state index in [9.17, 15) is 9.59 Å². The summed E-state index contributed by atoms with van der Waals surface area (Å²) in [6.45, 7) is 3.37. The summed E-state index contributed by atoms with van der Waals surface area (Å²) >= 11 is 0. The van der Waals surface area contributed by atoms with Gasteiger partial charge in [0.25, 0.3) is 5.91 Å². The van der Waals surface area contributed by atoms with E-state index in [4.69, 9.17) is 5.73 Å². The van der Waals surface area contributed by atoms with Crippen molar-refractivity contribution >= 4 is 17.5 Å². The van der Waals surface area contributed by atoms with Crippen LogP contribution in [0.3, 0.4) is 0 Å². The standard InChI is InChI=1S/C20H28N4O2/c21-18(25)8-10-24-11-16(13-6-7-13)17(12-24)23-20(26)15-5-1-3-14-4-2-9-22-19(14)15/h1,3,5,13,16-17,22H,2,4,6-12H2,(H2,21,25)(H,23,26)/t16-,17+/m0/s1. The highest BCUT2D eigenvalue weighted by Crippen LogP contribution is 2.41. The second-order valence-electron chi connectivity index (χ2n) is 7.93. The highest BCUT2D eigenvalue weighted by Gasteiger charge is 2.43. The number of carbonyl (C=O) groups excluding carboxylic acids is 2. The first-order valence-electron chi connectivity index (χ1n) is 9.79. The molecule has 140 valence electrons. The first-order chi connectivity index (χ1) is 12.6. The Labute approximate surface area is 154 Å². The lowest BCUT2D eigenvalue weighted by atomic mass is 9.96. The molecule has 6 nitrogen and oxygen atoms in total. The lowest BCUT2D eigenvalue weighted by molar-refractivity contribution is -0.118. The molecule has 1 aromatic carbocycles. The fourth-order valence-electron chi connectivity index (χ4n) is 4.46. The van der Waals surface area contributed by atoms with Crippen molar-refractivity contribution in [1.29, 1.82) is 0 Å². The van der Waals surface area contributed by atoms with Crippen LogP contribution in [0.1, 0.15) is 41.6 Å². The summed E-state index contributed by atoms with van der Waals surface area (Å²) in [4.78, 5) is 26.3. The van der Waals surface area contributed by atoms with E-state index in [0.29, 0.717) is 24.8 Å². The van der Waals surface area contributed by atoms with Gasteiger partial charge in [0.2, 0.25) is 5.91 Å². The number of nitrogens with two attached hydrogens (primary N) is 1. The van der Waals surface area contributed by atoms with Crippen molar-refractivity contribution in [2.75, 3.05) is 31.5 Å². The molecule has 1 aliphatic carbocycles. The number of benzene rings is 1. The number of fused-ring (bicyclic) bond motifs is 1. The number of carbonyl (C=O) groups is 2. The molecule has 6 heteroatoms. The minimum atomic E-state index is -0.262. The molecule has 2 atom stereocenters. The van der Waals surface area contributed by atoms with Gasteiger partial charge >= 0.3 is 0 Å². The number of aryl methyl sites for hydroxylation is 1. The molecule has 3 aliphatic rings. The van der Waals surface area contributed by atoms with Crippen LogP contribution in [0.2, 0.25) is 0 Å². The van der Waals surface area contributed by atoms with Gasteiger partial charge in [-0.05, 0) is 49.1 Å². The molecule has 2 aliphatic heterocycles. The predicted octanol–water partition coefficient (Wildman–Crippen LogP) is 1.36. The number of hydrogen-bond donors (Lipinski definition) is 3. The summed E-state index contributed by atoms with van der Waals surface area (Å²) in [5, 5.41) is 6.70. The Kier molecular flexibility index (Phi) is 4.85. The van der Waals surface area contributed by atoms with Crippen LogP contribution in [0.15, 0.2) is 18.2 Å². The monoisotopic (exact) mass is 356 g/mol. The van der Waals surface area contributed by atoms with Crippen LogP contribution in [-0.2, 0) is 11.2 Å². The minimum absolute atomic E-state index is 0.0173. The Morgan fingerprint density at radius 3 is 2.88 bits per heavy atom. The van der Waals surface area contributed by atoms with Crippen molar-refractivity contribution in [3.05, 3.63) is 29.3 Å². The van der Waals surface area contributed by atoms with E-state index >= 15 is 0 Å². The lowest BCUT2D eigenvalue weighted by Gasteiger charge is -2.23. The van der Waals surface area contributed by atoms with Gasteiger partial charge in [-0.25, -0.2) is 0 Å². The topological polar surface area (TPSA) is 87.5 Å². The first kappa shape index (κ1) is 17.3. The maximum absolute atomic E-state index is 13.0. The first-order valence-corrected chi connectivity index (χ1v) is 9.79. The number of nitrogens with zero attached hydrogens (tertiary/aromatic N) is 1. The Bertz CT molecular complexity index is 701. The summed E-state index contributed by atoms with van der Waals surface area (Å²) in [5.41, 5.74) is 8.28. The van der Waals surface area contributed by atoms with Gasteiger partial charge in [-0.3, -0.25) is 9.59 Å². The maximum atomic E-state index is 13.0. The van der Waals surface area contributed by atoms with Crippen molar-refractivity contribution < 1.29 is 9.59 Å². The zero-order chi connectivity index (χ0) is 18.1. The molecule has 0 spiro atoms. The fourth-order valence-corrected chi connectivity index (χ4v) is 4.46. The average Bonchev–Trinajstić information content (AvgIpc) is 3.41. The van der Waals surface area contributed by atoms with Crippen LogP contribution >= 0.6 is 0 Å². The van der Waals surface area contributed by atoms with Gasteiger partial charge in [0.05, 0.1) is 11.3 Å². The van der Waals surface area contributed by atoms with Crippen molar-refractivity contribution in [1.82, 2.24) is 10.2 Å². The van der Waals surface area contributed by atoms with Crippen LogP contribution < -0.4 is 16.4 Å². The molecular weight excluding hydrogens is 328 g/mol. The third-order valence-corrected chi connectivity index (χ3v) is 5.98. The molecule has 2 fully saturated rings. The molecular formula is C20H28N4O2. The van der Waals surface area contributed by atoms with Gasteiger partial charge < -0.3 is 21.3 Å². The second-order valence-corrected chi connectivity index (χ2v) is 7.93. The minimum Gasteiger partial charge on any atom is -0.384 e. The van der Waals surface area contributed by atoms with E-state index in [0.717, 1.165) is 43.7 Å². The number of para-hydroxylation sites is 1. The van der Waals surface area contributed by atoms with Crippen LogP contribution in [0.4, 0.5) is 5.69 Å². The maximum Gasteiger partial charge on any atom is 0.253 e. The Hall–Kier alpha value is -2.08. The number of hydrogen-bond acceptors (Lipinski definition) is 4. The second kappa shape index (κ2) is 7.27. The number of rotatable bonds is 6. The summed E-state index contributed by atoms with van der Waals surface area (Å²) < 4.78 is 0. The number of likely N-dealkylation sites (tertiary alicyclic amines) is 1. The van der Waals surface area contributed by atoms with E-state index in [1.165, 1.54) is 18.4 Å². The van der Waals surface area contributed by atoms with Crippen LogP contribution in [0.25, 0.3) is 0 Å². The van der Waals surface area contributed by atoms with Gasteiger partial charge in [-0.15, -0.1) is 0 Å². The number of primary amides is 1. The van der Waals surface area contributed by atoms with Crippen LogP contribution in [0, 0.1) is 11.8 Å². The largest absolute Gasteiger partial charge is 0.384 e. The number of anilines is 1. The number of amides is 2. The van der Waals surface area contributed by atoms with E-state index in [1.54, 1.807) is 0 Å². The average molecular weight is 356 g/mol. The smallest absolute Gasteiger partial charge is 0.253 e. The van der Waals surface area contributed by atoms with Crippen molar-refractivity contribution in [3.63, 3.8) is 0 Å². The molecule has 26 heavy (non-hydrogen) atoms. The van der Waals surface area contributed by atoms with Crippen LogP contribution in [-0.4, -0.2) is 48.9 Å². The van der Waals surface area contributed by atoms with E-state index in [2.05, 4.69) is 21.6 Å². The summed E-state index contributed by atoms with van der Waals surface area (Å²) in [5.74, 6) is 0.951. The molecule has 1 aromatic rings. The quantitative estimate of drug-likeness (QED) is 0.718. The Morgan fingerprint density at radius 1 is 1.27 bits per heavy atom. The summed E-state index contributed by atoms with van der Waals surface area (Å²) in [6.07, 6.45) is 5.03. The van der Waals surface area contributed by atoms with Gasteiger partial charge in [-0.2, -0.15) is 0 Å². The van der Waals surface area contributed by atoms with Crippen LogP contribution in [0.5, 0.6) is 0 Å². The van der Waals surface area contributed by atoms with Gasteiger partial charge in [0.15, 0.2) is 0 Å². The molecule has 1 saturated carbocycles. The fraction of sp³-hybridized carbons (Fsp3) is 0.600. The predicted molar refractivity (Wildman–Crippen MR) is 101 cm³/mol. The summed E-state index contributed by atoms with van der Waals surface area (Å²) in [7, 11) is 0. The van der Waals surface area contributed by atoms with E-state index in [1.807, 2.05) is 12.1 Å². The van der Waals surface area contributed by atoms with Gasteiger partial charge in [-0.1, -0.05) is 12.1 Å². The third kappa shape index (κ3) is 3.70. The van der Waals surface area contributed by atoms with E-state index < -0.39 is 0 Å². The van der Waals surface area contributed by atoms with Crippen molar-refractivity contribution in [2.45, 2.75) is 38.1 Å². The highest BCUT2D eigenvalue weighted by molar-refractivity contribution is 6.00. The van der Waals surface area contributed by atoms with Gasteiger partial charge in [0.1, 0.15) is 0 Å². The molecule has 0 radical (unpaired) electrons. The zero-order valence-electron chi connectivity index (χ0n) is 15.2. The van der Waals surface area contributed by atoms with Crippen molar-refractivity contribution in [2.24, 2.45) is 17.6 Å². The lowest BCUT2D eigenvalue weighted by Crippen LogP contribution is -2.41. The number of nitrogens with one attached hydrogen (secondary N) is 2. The Balaban J connectivity index is 1.45. The third-order valence-electron chi connectivity index (χ3n) is 5.98. The normalized spacial score (nSPS) is 25.4. The molecule has 2 heterocycles. The zero-order valence-corrected chi connectivity index (χ0v) is 15.2. The molecule has 0 aromatic heterocycles. The molecule has 4 rings (SSSR count). The molecule has 0 unspecified atom stereocenters. The van der Waals surface area contributed by atoms with Gasteiger partial charge in [0, 0.05) is 38.6 Å². The molecule has 2 amide bonds. The van der Waals surface area contributed by atoms with E-state index in [-0.39, 0.29) is 17.9 Å². The summed E-state index contributed by atoms with van der Waals surface area (Å²) in [6, 6.07) is 6.15. The van der Waals surface area contributed by atoms with Crippen molar-refractivity contribution in [3.8, 4) is 0 Å².